The van der Waals surface area contributed by atoms with Gasteiger partial charge in [0.05, 0.1) is 0 Å². The fraction of sp³-hybridized carbons (Fsp3) is 0.222. The molecule has 0 bridgehead atoms. The third kappa shape index (κ3) is 3.26. The maximum atomic E-state index is 12.3. The van der Waals surface area contributed by atoms with Gasteiger partial charge in [0.15, 0.2) is 0 Å². The van der Waals surface area contributed by atoms with Crippen LogP contribution in [0.3, 0.4) is 0 Å². The lowest BCUT2D eigenvalue weighted by atomic mass is 10.1. The zero-order valence-electron chi connectivity index (χ0n) is 13.3. The molecule has 0 aliphatic carbocycles. The Hall–Kier alpha value is -2.80. The van der Waals surface area contributed by atoms with Gasteiger partial charge in [0.2, 0.25) is 0 Å². The largest absolute Gasteiger partial charge is 0.348 e. The van der Waals surface area contributed by atoms with Crippen molar-refractivity contribution in [2.45, 2.75) is 20.8 Å². The van der Waals surface area contributed by atoms with Crippen molar-refractivity contribution in [3.63, 3.8) is 0 Å². The Bertz CT molecular complexity index is 791. The molecule has 2 aromatic rings. The summed E-state index contributed by atoms with van der Waals surface area (Å²) < 4.78 is 1.93. The van der Waals surface area contributed by atoms with Gasteiger partial charge in [-0.3, -0.25) is 4.79 Å². The summed E-state index contributed by atoms with van der Waals surface area (Å²) in [7, 11) is 1.90. The summed E-state index contributed by atoms with van der Waals surface area (Å²) in [5.41, 5.74) is 4.80. The first-order valence-corrected chi connectivity index (χ1v) is 7.05. The molecule has 0 fully saturated rings. The van der Waals surface area contributed by atoms with E-state index < -0.39 is 5.91 Å². The molecule has 112 valence electrons. The number of nitriles is 1. The van der Waals surface area contributed by atoms with Gasteiger partial charge in [-0.1, -0.05) is 17.7 Å². The fourth-order valence-corrected chi connectivity index (χ4v) is 2.22. The smallest absolute Gasteiger partial charge is 0.266 e. The molecule has 4 heteroatoms. The highest BCUT2D eigenvalue weighted by Crippen LogP contribution is 2.18. The summed E-state index contributed by atoms with van der Waals surface area (Å²) in [6, 6.07) is 11.6. The van der Waals surface area contributed by atoms with E-state index in [2.05, 4.69) is 5.32 Å². The number of amides is 1. The second-order valence-electron chi connectivity index (χ2n) is 5.40. The van der Waals surface area contributed by atoms with Crippen LogP contribution in [-0.2, 0) is 11.8 Å². The van der Waals surface area contributed by atoms with Gasteiger partial charge in [0.25, 0.3) is 5.91 Å². The summed E-state index contributed by atoms with van der Waals surface area (Å²) in [5.74, 6) is -0.395. The minimum atomic E-state index is -0.395. The minimum Gasteiger partial charge on any atom is -0.348 e. The second-order valence-corrected chi connectivity index (χ2v) is 5.40. The number of nitrogens with zero attached hydrogens (tertiary/aromatic N) is 2. The minimum absolute atomic E-state index is 0.0844. The molecule has 0 aliphatic heterocycles. The first-order valence-electron chi connectivity index (χ1n) is 7.05. The zero-order chi connectivity index (χ0) is 16.3. The van der Waals surface area contributed by atoms with Crippen LogP contribution >= 0.6 is 0 Å². The molecule has 22 heavy (non-hydrogen) atoms. The highest BCUT2D eigenvalue weighted by Gasteiger charge is 2.12. The number of carbonyl (C=O) groups excluding carboxylic acids is 1. The second kappa shape index (κ2) is 6.31. The van der Waals surface area contributed by atoms with Crippen molar-refractivity contribution in [3.8, 4) is 6.07 Å². The van der Waals surface area contributed by atoms with Crippen LogP contribution < -0.4 is 5.32 Å². The number of anilines is 1. The summed E-state index contributed by atoms with van der Waals surface area (Å²) in [5, 5.41) is 12.1. The average Bonchev–Trinajstić information content (AvgIpc) is 2.79. The van der Waals surface area contributed by atoms with Gasteiger partial charge in [-0.15, -0.1) is 0 Å². The quantitative estimate of drug-likeness (QED) is 0.695. The summed E-state index contributed by atoms with van der Waals surface area (Å²) >= 11 is 0. The molecule has 0 unspecified atom stereocenters. The Morgan fingerprint density at radius 2 is 1.95 bits per heavy atom. The van der Waals surface area contributed by atoms with E-state index >= 15 is 0 Å². The lowest BCUT2D eigenvalue weighted by Gasteiger charge is -2.08. The first-order chi connectivity index (χ1) is 10.4. The molecular weight excluding hydrogens is 274 g/mol. The van der Waals surface area contributed by atoms with E-state index in [1.165, 1.54) is 0 Å². The van der Waals surface area contributed by atoms with Crippen molar-refractivity contribution in [2.24, 2.45) is 7.05 Å². The van der Waals surface area contributed by atoms with Crippen molar-refractivity contribution < 1.29 is 4.79 Å². The van der Waals surface area contributed by atoms with Crippen LogP contribution in [0.15, 0.2) is 35.9 Å². The molecule has 0 spiro atoms. The van der Waals surface area contributed by atoms with E-state index in [0.717, 1.165) is 28.2 Å². The van der Waals surface area contributed by atoms with Crippen molar-refractivity contribution in [1.29, 1.82) is 5.26 Å². The van der Waals surface area contributed by atoms with Crippen molar-refractivity contribution in [1.82, 2.24) is 4.57 Å². The molecule has 0 saturated heterocycles. The predicted molar refractivity (Wildman–Crippen MR) is 88.3 cm³/mol. The number of aryl methyl sites for hydroxylation is 3. The molecule has 1 aromatic heterocycles. The molecule has 2 rings (SSSR count). The third-order valence-electron chi connectivity index (χ3n) is 3.70. The van der Waals surface area contributed by atoms with Crippen LogP contribution in [0.1, 0.15) is 22.5 Å². The van der Waals surface area contributed by atoms with Crippen LogP contribution in [0.2, 0.25) is 0 Å². The highest BCUT2D eigenvalue weighted by molar-refractivity contribution is 6.09. The number of hydrogen-bond acceptors (Lipinski definition) is 2. The van der Waals surface area contributed by atoms with E-state index in [1.807, 2.05) is 68.8 Å². The normalized spacial score (nSPS) is 11.1. The van der Waals surface area contributed by atoms with Crippen molar-refractivity contribution in [2.75, 3.05) is 5.32 Å². The van der Waals surface area contributed by atoms with Crippen LogP contribution in [-0.4, -0.2) is 10.5 Å². The molecule has 1 amide bonds. The Morgan fingerprint density at radius 1 is 1.23 bits per heavy atom. The fourth-order valence-electron chi connectivity index (χ4n) is 2.22. The summed E-state index contributed by atoms with van der Waals surface area (Å²) in [6.07, 6.45) is 1.60. The van der Waals surface area contributed by atoms with Crippen LogP contribution in [0, 0.1) is 32.1 Å². The summed E-state index contributed by atoms with van der Waals surface area (Å²) in [4.78, 5) is 12.3. The van der Waals surface area contributed by atoms with Gasteiger partial charge < -0.3 is 9.88 Å². The number of aromatic nitrogens is 1. The van der Waals surface area contributed by atoms with E-state index in [-0.39, 0.29) is 5.57 Å². The Kier molecular flexibility index (Phi) is 4.47. The van der Waals surface area contributed by atoms with Gasteiger partial charge >= 0.3 is 0 Å². The van der Waals surface area contributed by atoms with Gasteiger partial charge in [-0.2, -0.15) is 5.26 Å². The molecule has 1 N–H and O–H groups in total. The monoisotopic (exact) mass is 293 g/mol. The standard InChI is InChI=1S/C18H19N3O/c1-12-5-8-17(13(2)9-12)20-18(22)15(11-19)10-16-7-6-14(3)21(16)4/h5-10H,1-4H3,(H,20,22)/b15-10-. The van der Waals surface area contributed by atoms with E-state index in [1.54, 1.807) is 6.08 Å². The first kappa shape index (κ1) is 15.6. The lowest BCUT2D eigenvalue weighted by molar-refractivity contribution is -0.112. The molecule has 1 aromatic carbocycles. The highest BCUT2D eigenvalue weighted by atomic mass is 16.1. The number of rotatable bonds is 3. The topological polar surface area (TPSA) is 57.8 Å². The lowest BCUT2D eigenvalue weighted by Crippen LogP contribution is -2.14. The van der Waals surface area contributed by atoms with Crippen LogP contribution in [0.25, 0.3) is 6.08 Å². The molecule has 0 saturated carbocycles. The number of carbonyl (C=O) groups is 1. The molecule has 1 heterocycles. The van der Waals surface area contributed by atoms with Crippen LogP contribution in [0.5, 0.6) is 0 Å². The molecule has 4 nitrogen and oxygen atoms in total. The Morgan fingerprint density at radius 3 is 2.50 bits per heavy atom. The van der Waals surface area contributed by atoms with Gasteiger partial charge in [0.1, 0.15) is 11.6 Å². The Balaban J connectivity index is 2.26. The predicted octanol–water partition coefficient (Wildman–Crippen LogP) is 3.50. The van der Waals surface area contributed by atoms with E-state index in [4.69, 9.17) is 0 Å². The number of nitrogens with one attached hydrogen (secondary N) is 1. The maximum absolute atomic E-state index is 12.3. The Labute approximate surface area is 130 Å². The molecule has 0 aliphatic rings. The molecule has 0 atom stereocenters. The SMILES string of the molecule is Cc1ccc(NC(=O)/C(C#N)=C\c2ccc(C)n2C)c(C)c1. The molecular formula is C18H19N3O. The molecule has 0 radical (unpaired) electrons. The van der Waals surface area contributed by atoms with E-state index in [0.29, 0.717) is 0 Å². The van der Waals surface area contributed by atoms with Crippen LogP contribution in [0.4, 0.5) is 5.69 Å². The van der Waals surface area contributed by atoms with Crippen molar-refractivity contribution >= 4 is 17.7 Å². The third-order valence-corrected chi connectivity index (χ3v) is 3.70. The number of hydrogen-bond donors (Lipinski definition) is 1. The van der Waals surface area contributed by atoms with E-state index in [9.17, 15) is 10.1 Å². The maximum Gasteiger partial charge on any atom is 0.266 e. The number of benzene rings is 1. The zero-order valence-corrected chi connectivity index (χ0v) is 13.3. The van der Waals surface area contributed by atoms with Crippen molar-refractivity contribution in [3.05, 3.63) is 58.4 Å². The van der Waals surface area contributed by atoms with Gasteiger partial charge in [0, 0.05) is 24.1 Å². The van der Waals surface area contributed by atoms with Gasteiger partial charge in [-0.25, -0.2) is 0 Å². The average molecular weight is 293 g/mol. The summed E-state index contributed by atoms with van der Waals surface area (Å²) in [6.45, 7) is 5.90. The van der Waals surface area contributed by atoms with Gasteiger partial charge in [-0.05, 0) is 50.6 Å².